The van der Waals surface area contributed by atoms with Crippen LogP contribution in [0, 0.1) is 5.82 Å². The van der Waals surface area contributed by atoms with Crippen LogP contribution < -0.4 is 5.32 Å². The summed E-state index contributed by atoms with van der Waals surface area (Å²) >= 11 is 0. The maximum atomic E-state index is 13.0. The fourth-order valence-corrected chi connectivity index (χ4v) is 1.79. The number of hydrogen-bond acceptors (Lipinski definition) is 5. The first-order valence-corrected chi connectivity index (χ1v) is 7.23. The van der Waals surface area contributed by atoms with E-state index < -0.39 is 35.6 Å². The predicted molar refractivity (Wildman–Crippen MR) is 81.2 cm³/mol. The topological polar surface area (TPSA) is 84.9 Å². The molecule has 0 radical (unpaired) electrons. The number of hydrogen-bond donors (Lipinski definition) is 2. The molecule has 0 aliphatic heterocycles. The molecule has 1 amide bonds. The van der Waals surface area contributed by atoms with Gasteiger partial charge in [0, 0.05) is 0 Å². The normalized spacial score (nSPS) is 13.8. The van der Waals surface area contributed by atoms with Gasteiger partial charge < -0.3 is 19.9 Å². The lowest BCUT2D eigenvalue weighted by molar-refractivity contribution is -0.148. The van der Waals surface area contributed by atoms with Crippen molar-refractivity contribution in [1.82, 2.24) is 5.32 Å². The number of esters is 1. The first-order valence-electron chi connectivity index (χ1n) is 7.23. The number of carbonyl (C=O) groups is 2. The van der Waals surface area contributed by atoms with E-state index in [1.165, 1.54) is 12.1 Å². The Labute approximate surface area is 134 Å². The Hall–Kier alpha value is -2.15. The highest BCUT2D eigenvalue weighted by molar-refractivity contribution is 5.82. The van der Waals surface area contributed by atoms with Crippen LogP contribution in [0.2, 0.25) is 0 Å². The molecule has 2 N–H and O–H groups in total. The Morgan fingerprint density at radius 2 is 1.83 bits per heavy atom. The first-order chi connectivity index (χ1) is 10.6. The van der Waals surface area contributed by atoms with Crippen molar-refractivity contribution in [2.75, 3.05) is 6.61 Å². The van der Waals surface area contributed by atoms with Crippen molar-refractivity contribution in [2.24, 2.45) is 0 Å². The summed E-state index contributed by atoms with van der Waals surface area (Å²) in [6, 6.07) is 3.57. The number of ether oxygens (including phenoxy) is 2. The number of rotatable bonds is 5. The van der Waals surface area contributed by atoms with E-state index in [1.807, 2.05) is 0 Å². The van der Waals surface area contributed by atoms with Crippen molar-refractivity contribution in [1.29, 1.82) is 0 Å². The van der Waals surface area contributed by atoms with E-state index >= 15 is 0 Å². The molecule has 0 aliphatic rings. The molecule has 1 rings (SSSR count). The molecule has 6 nitrogen and oxygen atoms in total. The van der Waals surface area contributed by atoms with Crippen molar-refractivity contribution in [3.05, 3.63) is 35.6 Å². The zero-order valence-electron chi connectivity index (χ0n) is 13.6. The summed E-state index contributed by atoms with van der Waals surface area (Å²) in [5.74, 6) is -1.29. The van der Waals surface area contributed by atoms with Crippen molar-refractivity contribution < 1.29 is 28.6 Å². The Balaban J connectivity index is 2.93. The average molecular weight is 327 g/mol. The van der Waals surface area contributed by atoms with Crippen LogP contribution in [0.25, 0.3) is 0 Å². The molecule has 0 spiro atoms. The molecular weight excluding hydrogens is 305 g/mol. The molecule has 0 heterocycles. The number of aliphatic hydroxyl groups excluding tert-OH is 1. The average Bonchev–Trinajstić information content (AvgIpc) is 2.43. The van der Waals surface area contributed by atoms with E-state index in [4.69, 9.17) is 9.47 Å². The Morgan fingerprint density at radius 1 is 1.26 bits per heavy atom. The molecule has 2 atom stereocenters. The highest BCUT2D eigenvalue weighted by Gasteiger charge is 2.32. The molecule has 23 heavy (non-hydrogen) atoms. The minimum absolute atomic E-state index is 0.0848. The summed E-state index contributed by atoms with van der Waals surface area (Å²) < 4.78 is 22.9. The largest absolute Gasteiger partial charge is 0.464 e. The molecule has 0 saturated carbocycles. The zero-order chi connectivity index (χ0) is 17.6. The quantitative estimate of drug-likeness (QED) is 0.811. The molecule has 0 saturated heterocycles. The summed E-state index contributed by atoms with van der Waals surface area (Å²) in [6.45, 7) is 6.70. The molecule has 0 bridgehead atoms. The van der Waals surface area contributed by atoms with E-state index in [9.17, 15) is 19.1 Å². The number of alkyl carbamates (subject to hydrolysis) is 1. The van der Waals surface area contributed by atoms with E-state index in [0.29, 0.717) is 0 Å². The number of aliphatic hydroxyl groups is 1. The van der Waals surface area contributed by atoms with Gasteiger partial charge in [0.1, 0.15) is 17.5 Å². The fraction of sp³-hybridized carbons (Fsp3) is 0.500. The summed E-state index contributed by atoms with van der Waals surface area (Å²) in [6.07, 6.45) is -2.26. The van der Waals surface area contributed by atoms with Gasteiger partial charge >= 0.3 is 12.1 Å². The Bertz CT molecular complexity index is 538. The maximum Gasteiger partial charge on any atom is 0.408 e. The summed E-state index contributed by atoms with van der Waals surface area (Å²) in [4.78, 5) is 23.9. The number of amides is 1. The van der Waals surface area contributed by atoms with Crippen LogP contribution in [0.5, 0.6) is 0 Å². The van der Waals surface area contributed by atoms with Crippen molar-refractivity contribution in [3.63, 3.8) is 0 Å². The lowest BCUT2D eigenvalue weighted by Crippen LogP contribution is -2.47. The van der Waals surface area contributed by atoms with Gasteiger partial charge in [-0.15, -0.1) is 0 Å². The SMILES string of the molecule is CCOC(=O)[C@@H](NC(=O)OC(C)(C)C)[C@@H](O)c1ccc(F)cc1. The minimum atomic E-state index is -1.40. The lowest BCUT2D eigenvalue weighted by atomic mass is 10.0. The van der Waals surface area contributed by atoms with Crippen LogP contribution in [0.4, 0.5) is 9.18 Å². The third kappa shape index (κ3) is 6.23. The van der Waals surface area contributed by atoms with E-state index in [1.54, 1.807) is 27.7 Å². The number of benzene rings is 1. The number of nitrogens with one attached hydrogen (secondary N) is 1. The van der Waals surface area contributed by atoms with Crippen LogP contribution >= 0.6 is 0 Å². The second kappa shape index (κ2) is 7.92. The molecule has 128 valence electrons. The summed E-state index contributed by atoms with van der Waals surface area (Å²) in [7, 11) is 0. The molecule has 0 unspecified atom stereocenters. The molecule has 1 aromatic carbocycles. The van der Waals surface area contributed by atoms with Gasteiger partial charge in [0.15, 0.2) is 6.04 Å². The van der Waals surface area contributed by atoms with Gasteiger partial charge in [-0.1, -0.05) is 12.1 Å². The van der Waals surface area contributed by atoms with Crippen LogP contribution in [0.15, 0.2) is 24.3 Å². The maximum absolute atomic E-state index is 13.0. The van der Waals surface area contributed by atoms with E-state index in [2.05, 4.69) is 5.32 Å². The molecule has 1 aromatic rings. The second-order valence-electron chi connectivity index (χ2n) is 5.87. The van der Waals surface area contributed by atoms with Crippen molar-refractivity contribution in [2.45, 2.75) is 45.4 Å². The van der Waals surface area contributed by atoms with Crippen LogP contribution in [0.1, 0.15) is 39.4 Å². The summed E-state index contributed by atoms with van der Waals surface area (Å²) in [5, 5.41) is 12.6. The third-order valence-corrected chi connectivity index (χ3v) is 2.74. The number of halogens is 1. The fourth-order valence-electron chi connectivity index (χ4n) is 1.79. The van der Waals surface area contributed by atoms with Crippen LogP contribution in [-0.4, -0.2) is 35.4 Å². The minimum Gasteiger partial charge on any atom is -0.464 e. The summed E-state index contributed by atoms with van der Waals surface area (Å²) in [5.41, 5.74) is -0.495. The molecular formula is C16H22FNO5. The van der Waals surface area contributed by atoms with Crippen molar-refractivity contribution >= 4 is 12.1 Å². The highest BCUT2D eigenvalue weighted by Crippen LogP contribution is 2.19. The third-order valence-electron chi connectivity index (χ3n) is 2.74. The first kappa shape index (κ1) is 18.9. The molecule has 0 aliphatic carbocycles. The van der Waals surface area contributed by atoms with Gasteiger partial charge in [-0.3, -0.25) is 0 Å². The zero-order valence-corrected chi connectivity index (χ0v) is 13.6. The van der Waals surface area contributed by atoms with Gasteiger partial charge in [-0.25, -0.2) is 14.0 Å². The van der Waals surface area contributed by atoms with Gasteiger partial charge in [-0.2, -0.15) is 0 Å². The van der Waals surface area contributed by atoms with Crippen LogP contribution in [0.3, 0.4) is 0 Å². The highest BCUT2D eigenvalue weighted by atomic mass is 19.1. The second-order valence-corrected chi connectivity index (χ2v) is 5.87. The molecule has 0 fully saturated rings. The smallest absolute Gasteiger partial charge is 0.408 e. The lowest BCUT2D eigenvalue weighted by Gasteiger charge is -2.25. The van der Waals surface area contributed by atoms with Gasteiger partial charge in [0.2, 0.25) is 0 Å². The predicted octanol–water partition coefficient (Wildman–Crippen LogP) is 2.32. The standard InChI is InChI=1S/C16H22FNO5/c1-5-22-14(20)12(18-15(21)23-16(2,3)4)13(19)10-6-8-11(17)9-7-10/h6-9,12-13,19H,5H2,1-4H3,(H,18,21)/t12-,13-/m0/s1. The molecule has 0 aromatic heterocycles. The van der Waals surface area contributed by atoms with Gasteiger partial charge in [0.05, 0.1) is 6.61 Å². The number of carbonyl (C=O) groups excluding carboxylic acids is 2. The molecule has 7 heteroatoms. The van der Waals surface area contributed by atoms with Gasteiger partial charge in [-0.05, 0) is 45.4 Å². The van der Waals surface area contributed by atoms with Crippen molar-refractivity contribution in [3.8, 4) is 0 Å². The monoisotopic (exact) mass is 327 g/mol. The Kier molecular flexibility index (Phi) is 6.50. The van der Waals surface area contributed by atoms with Crippen LogP contribution in [-0.2, 0) is 14.3 Å². The van der Waals surface area contributed by atoms with Gasteiger partial charge in [0.25, 0.3) is 0 Å². The van der Waals surface area contributed by atoms with E-state index in [-0.39, 0.29) is 12.2 Å². The Morgan fingerprint density at radius 3 is 2.30 bits per heavy atom. The van der Waals surface area contributed by atoms with E-state index in [0.717, 1.165) is 12.1 Å².